The number of thioether (sulfide) groups is 1. The minimum Gasteiger partial charge on any atom is -0.354 e. The van der Waals surface area contributed by atoms with Crippen LogP contribution in [0.3, 0.4) is 0 Å². The summed E-state index contributed by atoms with van der Waals surface area (Å²) in [7, 11) is 0. The third kappa shape index (κ3) is 8.33. The zero-order chi connectivity index (χ0) is 22.8. The minimum absolute atomic E-state index is 0.128. The molecule has 0 aliphatic rings. The maximum absolute atomic E-state index is 13.1. The van der Waals surface area contributed by atoms with E-state index in [2.05, 4.69) is 28.2 Å². The Morgan fingerprint density at radius 2 is 1.77 bits per heavy atom. The van der Waals surface area contributed by atoms with Gasteiger partial charge in [0.25, 0.3) is 0 Å². The van der Waals surface area contributed by atoms with Crippen molar-refractivity contribution in [3.05, 3.63) is 68.1 Å². The van der Waals surface area contributed by atoms with Crippen molar-refractivity contribution < 1.29 is 9.59 Å². The van der Waals surface area contributed by atoms with E-state index >= 15 is 0 Å². The molecule has 8 heteroatoms. The molecule has 0 bridgehead atoms. The van der Waals surface area contributed by atoms with Crippen molar-refractivity contribution >= 4 is 62.7 Å². The van der Waals surface area contributed by atoms with E-state index in [4.69, 9.17) is 23.2 Å². The average molecular weight is 546 g/mol. The van der Waals surface area contributed by atoms with Crippen LogP contribution in [0, 0.1) is 0 Å². The first kappa shape index (κ1) is 26.0. The Morgan fingerprint density at radius 3 is 2.39 bits per heavy atom. The molecule has 1 N–H and O–H groups in total. The van der Waals surface area contributed by atoms with Crippen LogP contribution >= 0.6 is 50.9 Å². The molecule has 0 aliphatic carbocycles. The number of carbonyl (C=O) groups is 2. The van der Waals surface area contributed by atoms with Crippen LogP contribution in [0.25, 0.3) is 0 Å². The van der Waals surface area contributed by atoms with Crippen LogP contribution in [0.5, 0.6) is 0 Å². The maximum Gasteiger partial charge on any atom is 0.242 e. The van der Waals surface area contributed by atoms with Gasteiger partial charge in [-0.25, -0.2) is 0 Å². The third-order valence-corrected chi connectivity index (χ3v) is 7.02. The van der Waals surface area contributed by atoms with Gasteiger partial charge in [-0.3, -0.25) is 9.59 Å². The van der Waals surface area contributed by atoms with Crippen molar-refractivity contribution in [2.45, 2.75) is 45.0 Å². The molecule has 0 fully saturated rings. The normalized spacial score (nSPS) is 11.8. The number of carbonyl (C=O) groups excluding carboxylic acids is 2. The summed E-state index contributed by atoms with van der Waals surface area (Å²) < 4.78 is 1.02. The Balaban J connectivity index is 2.10. The number of amides is 2. The number of unbranched alkanes of at least 4 members (excludes halogenated alkanes) is 1. The highest BCUT2D eigenvalue weighted by atomic mass is 79.9. The van der Waals surface area contributed by atoms with Gasteiger partial charge in [-0.2, -0.15) is 0 Å². The molecule has 1 unspecified atom stereocenters. The predicted octanol–water partition coefficient (Wildman–Crippen LogP) is 6.32. The first-order chi connectivity index (χ1) is 14.8. The summed E-state index contributed by atoms with van der Waals surface area (Å²) in [4.78, 5) is 27.3. The molecule has 0 aliphatic heterocycles. The molecule has 2 aromatic rings. The van der Waals surface area contributed by atoms with Crippen LogP contribution in [0.15, 0.2) is 46.9 Å². The molecule has 31 heavy (non-hydrogen) atoms. The molecule has 2 aromatic carbocycles. The van der Waals surface area contributed by atoms with E-state index in [9.17, 15) is 9.59 Å². The van der Waals surface area contributed by atoms with E-state index in [1.165, 1.54) is 11.8 Å². The Labute approximate surface area is 207 Å². The molecule has 0 saturated heterocycles. The molecule has 0 saturated carbocycles. The number of hydrogen-bond donors (Lipinski definition) is 1. The number of nitrogens with zero attached hydrogens (tertiary/aromatic N) is 1. The van der Waals surface area contributed by atoms with Gasteiger partial charge >= 0.3 is 0 Å². The van der Waals surface area contributed by atoms with E-state index in [1.54, 1.807) is 30.0 Å². The summed E-state index contributed by atoms with van der Waals surface area (Å²) in [6.45, 7) is 4.57. The van der Waals surface area contributed by atoms with Crippen molar-refractivity contribution in [2.24, 2.45) is 0 Å². The van der Waals surface area contributed by atoms with Crippen molar-refractivity contribution in [3.8, 4) is 0 Å². The lowest BCUT2D eigenvalue weighted by Gasteiger charge is -2.29. The fourth-order valence-corrected chi connectivity index (χ4v) is 4.54. The van der Waals surface area contributed by atoms with Gasteiger partial charge in [0.05, 0.1) is 5.75 Å². The van der Waals surface area contributed by atoms with Gasteiger partial charge in [-0.1, -0.05) is 70.7 Å². The molecule has 168 valence electrons. The SMILES string of the molecule is CCCCNC(=O)C(C)N(Cc1c(Cl)cccc1Cl)C(=O)CSCc1ccc(Br)cc1. The first-order valence-electron chi connectivity index (χ1n) is 10.2. The third-order valence-electron chi connectivity index (χ3n) is 4.79. The molecule has 0 radical (unpaired) electrons. The lowest BCUT2D eigenvalue weighted by atomic mass is 10.1. The van der Waals surface area contributed by atoms with Crippen LogP contribution in [-0.2, 0) is 21.9 Å². The highest BCUT2D eigenvalue weighted by Crippen LogP contribution is 2.27. The van der Waals surface area contributed by atoms with Crippen LogP contribution in [0.1, 0.15) is 37.8 Å². The number of hydrogen-bond acceptors (Lipinski definition) is 3. The Bertz CT molecular complexity index is 860. The van der Waals surface area contributed by atoms with Crippen molar-refractivity contribution in [2.75, 3.05) is 12.3 Å². The summed E-state index contributed by atoms with van der Waals surface area (Å²) in [5.41, 5.74) is 1.78. The molecule has 0 aromatic heterocycles. The highest BCUT2D eigenvalue weighted by Gasteiger charge is 2.27. The van der Waals surface area contributed by atoms with Crippen molar-refractivity contribution in [1.82, 2.24) is 10.2 Å². The second-order valence-corrected chi connectivity index (χ2v) is 9.88. The van der Waals surface area contributed by atoms with Gasteiger partial charge in [0, 0.05) is 38.9 Å². The van der Waals surface area contributed by atoms with Crippen LogP contribution in [0.4, 0.5) is 0 Å². The minimum atomic E-state index is -0.634. The van der Waals surface area contributed by atoms with Gasteiger partial charge in [-0.05, 0) is 43.2 Å². The van der Waals surface area contributed by atoms with Gasteiger partial charge in [0.1, 0.15) is 6.04 Å². The topological polar surface area (TPSA) is 49.4 Å². The zero-order valence-electron chi connectivity index (χ0n) is 17.7. The van der Waals surface area contributed by atoms with Crippen LogP contribution in [0.2, 0.25) is 10.0 Å². The van der Waals surface area contributed by atoms with E-state index in [0.29, 0.717) is 27.9 Å². The monoisotopic (exact) mass is 544 g/mol. The molecule has 1 atom stereocenters. The van der Waals surface area contributed by atoms with Gasteiger partial charge < -0.3 is 10.2 Å². The molecule has 2 amide bonds. The molecule has 2 rings (SSSR count). The van der Waals surface area contributed by atoms with Crippen LogP contribution in [-0.4, -0.2) is 35.1 Å². The van der Waals surface area contributed by atoms with Gasteiger partial charge in [0.15, 0.2) is 0 Å². The van der Waals surface area contributed by atoms with Crippen LogP contribution < -0.4 is 5.32 Å². The van der Waals surface area contributed by atoms with Crippen molar-refractivity contribution in [1.29, 1.82) is 0 Å². The van der Waals surface area contributed by atoms with Gasteiger partial charge in [-0.15, -0.1) is 11.8 Å². The Hall–Kier alpha value is -1.21. The summed E-state index contributed by atoms with van der Waals surface area (Å²) >= 11 is 17.6. The van der Waals surface area contributed by atoms with E-state index in [1.807, 2.05) is 24.3 Å². The molecule has 4 nitrogen and oxygen atoms in total. The molecular formula is C23H27BrCl2N2O2S. The largest absolute Gasteiger partial charge is 0.354 e. The summed E-state index contributed by atoms with van der Waals surface area (Å²) in [5, 5.41) is 3.87. The standard InChI is InChI=1S/C23H27BrCl2N2O2S/c1-3-4-12-27-23(30)16(2)28(13-19-20(25)6-5-7-21(19)26)22(29)15-31-14-17-8-10-18(24)11-9-17/h5-11,16H,3-4,12-15H2,1-2H3,(H,27,30). The van der Waals surface area contributed by atoms with Gasteiger partial charge in [0.2, 0.25) is 11.8 Å². The average Bonchev–Trinajstić information content (AvgIpc) is 2.74. The Kier molecular flexibility index (Phi) is 11.2. The second-order valence-electron chi connectivity index (χ2n) is 7.16. The zero-order valence-corrected chi connectivity index (χ0v) is 21.6. The van der Waals surface area contributed by atoms with Crippen molar-refractivity contribution in [3.63, 3.8) is 0 Å². The van der Waals surface area contributed by atoms with E-state index < -0.39 is 6.04 Å². The fraction of sp³-hybridized carbons (Fsp3) is 0.391. The lowest BCUT2D eigenvalue weighted by molar-refractivity contribution is -0.138. The smallest absolute Gasteiger partial charge is 0.242 e. The number of halogens is 3. The first-order valence-corrected chi connectivity index (χ1v) is 12.9. The Morgan fingerprint density at radius 1 is 1.13 bits per heavy atom. The number of benzene rings is 2. The van der Waals surface area contributed by atoms with E-state index in [0.717, 1.165) is 22.9 Å². The maximum atomic E-state index is 13.1. The summed E-state index contributed by atoms with van der Waals surface area (Å²) in [5.74, 6) is 0.653. The second kappa shape index (κ2) is 13.4. The summed E-state index contributed by atoms with van der Waals surface area (Å²) in [6, 6.07) is 12.6. The lowest BCUT2D eigenvalue weighted by Crippen LogP contribution is -2.48. The summed E-state index contributed by atoms with van der Waals surface area (Å²) in [6.07, 6.45) is 1.88. The number of nitrogens with one attached hydrogen (secondary N) is 1. The fourth-order valence-electron chi connectivity index (χ4n) is 2.89. The molecular weight excluding hydrogens is 519 g/mol. The predicted molar refractivity (Wildman–Crippen MR) is 135 cm³/mol. The highest BCUT2D eigenvalue weighted by molar-refractivity contribution is 9.10. The molecule has 0 heterocycles. The van der Waals surface area contributed by atoms with E-state index in [-0.39, 0.29) is 24.1 Å². The number of rotatable bonds is 11. The quantitative estimate of drug-likeness (QED) is 0.336. The molecule has 0 spiro atoms.